The van der Waals surface area contributed by atoms with Crippen LogP contribution in [0.4, 0.5) is 0 Å². The van der Waals surface area contributed by atoms with Crippen LogP contribution in [0.25, 0.3) is 0 Å². The summed E-state index contributed by atoms with van der Waals surface area (Å²) in [4.78, 5) is 0. The number of rotatable bonds is 2. The van der Waals surface area contributed by atoms with Crippen molar-refractivity contribution < 1.29 is 9.84 Å². The lowest BCUT2D eigenvalue weighted by Gasteiger charge is -2.21. The van der Waals surface area contributed by atoms with E-state index < -0.39 is 0 Å². The lowest BCUT2D eigenvalue weighted by Crippen LogP contribution is -2.11. The minimum Gasteiger partial charge on any atom is -0.504 e. The fourth-order valence-corrected chi connectivity index (χ4v) is 1.40. The van der Waals surface area contributed by atoms with Gasteiger partial charge < -0.3 is 9.84 Å². The van der Waals surface area contributed by atoms with E-state index in [-0.39, 0.29) is 11.2 Å². The Kier molecular flexibility index (Phi) is 3.04. The van der Waals surface area contributed by atoms with E-state index in [1.807, 2.05) is 19.1 Å². The molecule has 1 N–H and O–H groups in total. The Balaban J connectivity index is 3.14. The van der Waals surface area contributed by atoms with E-state index in [4.69, 9.17) is 4.74 Å². The highest BCUT2D eigenvalue weighted by atomic mass is 16.5. The van der Waals surface area contributed by atoms with E-state index >= 15 is 0 Å². The van der Waals surface area contributed by atoms with Crippen molar-refractivity contribution in [2.45, 2.75) is 33.1 Å². The predicted molar refractivity (Wildman–Crippen MR) is 58.0 cm³/mol. The number of hydrogen-bond acceptors (Lipinski definition) is 2. The summed E-state index contributed by atoms with van der Waals surface area (Å²) >= 11 is 0. The van der Waals surface area contributed by atoms with Crippen molar-refractivity contribution in [2.24, 2.45) is 0 Å². The molecule has 1 aromatic carbocycles. The van der Waals surface area contributed by atoms with Gasteiger partial charge in [0.25, 0.3) is 0 Å². The highest BCUT2D eigenvalue weighted by Crippen LogP contribution is 2.37. The Morgan fingerprint density at radius 2 is 1.93 bits per heavy atom. The monoisotopic (exact) mass is 194 g/mol. The highest BCUT2D eigenvalue weighted by molar-refractivity contribution is 5.48. The molecule has 78 valence electrons. The smallest absolute Gasteiger partial charge is 0.161 e. The van der Waals surface area contributed by atoms with Crippen LogP contribution in [0.1, 0.15) is 33.3 Å². The number of phenols is 1. The van der Waals surface area contributed by atoms with Crippen LogP contribution in [0.2, 0.25) is 0 Å². The number of hydrogen-bond donors (Lipinski definition) is 1. The molecule has 0 fully saturated rings. The van der Waals surface area contributed by atoms with Crippen LogP contribution >= 0.6 is 0 Å². The molecule has 0 spiro atoms. The third-order valence-corrected chi connectivity index (χ3v) is 2.11. The maximum absolute atomic E-state index is 9.93. The van der Waals surface area contributed by atoms with Gasteiger partial charge in [-0.25, -0.2) is 0 Å². The van der Waals surface area contributed by atoms with Gasteiger partial charge in [0, 0.05) is 5.56 Å². The molecule has 0 aromatic heterocycles. The summed E-state index contributed by atoms with van der Waals surface area (Å²) in [6.45, 7) is 8.68. The van der Waals surface area contributed by atoms with Gasteiger partial charge in [0.15, 0.2) is 11.5 Å². The van der Waals surface area contributed by atoms with Crippen molar-refractivity contribution in [1.82, 2.24) is 0 Å². The molecule has 0 aliphatic heterocycles. The van der Waals surface area contributed by atoms with E-state index in [9.17, 15) is 5.11 Å². The summed E-state index contributed by atoms with van der Waals surface area (Å²) in [7, 11) is 0. The lowest BCUT2D eigenvalue weighted by molar-refractivity contribution is 0.314. The van der Waals surface area contributed by atoms with Crippen LogP contribution < -0.4 is 4.74 Å². The summed E-state index contributed by atoms with van der Waals surface area (Å²) in [6, 6.07) is 5.62. The molecule has 0 amide bonds. The zero-order valence-electron chi connectivity index (χ0n) is 9.29. The zero-order valence-corrected chi connectivity index (χ0v) is 9.29. The van der Waals surface area contributed by atoms with Crippen molar-refractivity contribution in [1.29, 1.82) is 0 Å². The van der Waals surface area contributed by atoms with Crippen LogP contribution in [0.3, 0.4) is 0 Å². The first-order valence-electron chi connectivity index (χ1n) is 4.92. The molecule has 14 heavy (non-hydrogen) atoms. The number of aromatic hydroxyl groups is 1. The molecular formula is C12H18O2. The molecule has 2 nitrogen and oxygen atoms in total. The van der Waals surface area contributed by atoms with Gasteiger partial charge in [0.1, 0.15) is 0 Å². The molecule has 0 bridgehead atoms. The summed E-state index contributed by atoms with van der Waals surface area (Å²) in [6.07, 6.45) is 0. The molecule has 0 radical (unpaired) electrons. The summed E-state index contributed by atoms with van der Waals surface area (Å²) in [5, 5.41) is 9.93. The molecule has 0 saturated carbocycles. The molecule has 0 heterocycles. The normalized spacial score (nSPS) is 11.4. The SMILES string of the molecule is CCOc1cccc(C(C)(C)C)c1O. The van der Waals surface area contributed by atoms with Crippen LogP contribution in [-0.4, -0.2) is 11.7 Å². The quantitative estimate of drug-likeness (QED) is 0.784. The Bertz CT molecular complexity index is 311. The first-order chi connectivity index (χ1) is 6.46. The van der Waals surface area contributed by atoms with Gasteiger partial charge in [-0.15, -0.1) is 0 Å². The maximum atomic E-state index is 9.93. The molecule has 2 heteroatoms. The van der Waals surface area contributed by atoms with Gasteiger partial charge in [-0.1, -0.05) is 32.9 Å². The van der Waals surface area contributed by atoms with Crippen LogP contribution in [0.5, 0.6) is 11.5 Å². The van der Waals surface area contributed by atoms with Gasteiger partial charge >= 0.3 is 0 Å². The van der Waals surface area contributed by atoms with Crippen molar-refractivity contribution >= 4 is 0 Å². The fraction of sp³-hybridized carbons (Fsp3) is 0.500. The van der Waals surface area contributed by atoms with Crippen LogP contribution in [-0.2, 0) is 5.41 Å². The van der Waals surface area contributed by atoms with Gasteiger partial charge in [0.05, 0.1) is 6.61 Å². The van der Waals surface area contributed by atoms with Gasteiger partial charge in [-0.05, 0) is 18.4 Å². The number of benzene rings is 1. The Morgan fingerprint density at radius 3 is 2.43 bits per heavy atom. The summed E-state index contributed by atoms with van der Waals surface area (Å²) in [5.41, 5.74) is 0.862. The standard InChI is InChI=1S/C12H18O2/c1-5-14-10-8-6-7-9(11(10)13)12(2,3)4/h6-8,13H,5H2,1-4H3. The van der Waals surface area contributed by atoms with Crippen LogP contribution in [0.15, 0.2) is 18.2 Å². The van der Waals surface area contributed by atoms with E-state index in [0.717, 1.165) is 5.56 Å². The second kappa shape index (κ2) is 3.91. The Hall–Kier alpha value is -1.18. The van der Waals surface area contributed by atoms with Crippen molar-refractivity contribution in [2.75, 3.05) is 6.61 Å². The molecule has 0 unspecified atom stereocenters. The lowest BCUT2D eigenvalue weighted by atomic mass is 9.86. The zero-order chi connectivity index (χ0) is 10.8. The average Bonchev–Trinajstić information content (AvgIpc) is 2.07. The van der Waals surface area contributed by atoms with Gasteiger partial charge in [-0.2, -0.15) is 0 Å². The molecule has 0 aliphatic carbocycles. The first-order valence-corrected chi connectivity index (χ1v) is 4.92. The van der Waals surface area contributed by atoms with E-state index in [0.29, 0.717) is 12.4 Å². The molecule has 0 saturated heterocycles. The van der Waals surface area contributed by atoms with Crippen molar-refractivity contribution in [3.63, 3.8) is 0 Å². The Morgan fingerprint density at radius 1 is 1.29 bits per heavy atom. The third kappa shape index (κ3) is 2.19. The average molecular weight is 194 g/mol. The molecule has 0 aliphatic rings. The van der Waals surface area contributed by atoms with E-state index in [1.165, 1.54) is 0 Å². The molecule has 1 aromatic rings. The van der Waals surface area contributed by atoms with Gasteiger partial charge in [0.2, 0.25) is 0 Å². The second-order valence-corrected chi connectivity index (χ2v) is 4.34. The maximum Gasteiger partial charge on any atom is 0.161 e. The van der Waals surface area contributed by atoms with Gasteiger partial charge in [-0.3, -0.25) is 0 Å². The number of para-hydroxylation sites is 1. The van der Waals surface area contributed by atoms with Crippen molar-refractivity contribution in [3.8, 4) is 11.5 Å². The molecule has 0 atom stereocenters. The molecule has 1 rings (SSSR count). The molecular weight excluding hydrogens is 176 g/mol. The minimum atomic E-state index is -0.0583. The van der Waals surface area contributed by atoms with E-state index in [1.54, 1.807) is 6.07 Å². The number of ether oxygens (including phenoxy) is 1. The number of phenolic OH excluding ortho intramolecular Hbond substituents is 1. The van der Waals surface area contributed by atoms with E-state index in [2.05, 4.69) is 20.8 Å². The predicted octanol–water partition coefficient (Wildman–Crippen LogP) is 3.09. The first kappa shape index (κ1) is 10.9. The minimum absolute atomic E-state index is 0.0583. The summed E-state index contributed by atoms with van der Waals surface area (Å²) < 4.78 is 5.32. The second-order valence-electron chi connectivity index (χ2n) is 4.34. The largest absolute Gasteiger partial charge is 0.504 e. The topological polar surface area (TPSA) is 29.5 Å². The third-order valence-electron chi connectivity index (χ3n) is 2.11. The van der Waals surface area contributed by atoms with Crippen LogP contribution in [0, 0.1) is 0 Å². The summed E-state index contributed by atoms with van der Waals surface area (Å²) in [5.74, 6) is 0.835. The van der Waals surface area contributed by atoms with Crippen molar-refractivity contribution in [3.05, 3.63) is 23.8 Å². The highest BCUT2D eigenvalue weighted by Gasteiger charge is 2.19. The Labute approximate surface area is 85.5 Å². The fourth-order valence-electron chi connectivity index (χ4n) is 1.40.